The van der Waals surface area contributed by atoms with Crippen LogP contribution in [0.1, 0.15) is 17.3 Å². The number of ketones is 1. The second-order valence-electron chi connectivity index (χ2n) is 6.73. The number of aromatic nitrogens is 3. The lowest BCUT2D eigenvalue weighted by Gasteiger charge is -2.03. The number of H-pyrrole nitrogens is 1. The van der Waals surface area contributed by atoms with E-state index in [1.807, 2.05) is 48.5 Å². The van der Waals surface area contributed by atoms with Crippen molar-refractivity contribution >= 4 is 5.78 Å². The van der Waals surface area contributed by atoms with Crippen LogP contribution in [0.15, 0.2) is 66.9 Å². The van der Waals surface area contributed by atoms with Crippen LogP contribution in [0.4, 0.5) is 0 Å². The van der Waals surface area contributed by atoms with Gasteiger partial charge in [-0.2, -0.15) is 0 Å². The van der Waals surface area contributed by atoms with Crippen LogP contribution >= 0.6 is 0 Å². The number of Topliss-reactive ketones (excluding diaryl/α,β-unsaturated/α-hetero) is 1. The molecule has 4 aromatic rings. The van der Waals surface area contributed by atoms with Crippen LogP contribution in [0, 0.1) is 0 Å². The third kappa shape index (κ3) is 3.14. The number of benzene rings is 2. The van der Waals surface area contributed by atoms with Gasteiger partial charge in [0.25, 0.3) is 0 Å². The number of aromatic amines is 1. The molecule has 3 heterocycles. The predicted molar refractivity (Wildman–Crippen MR) is 109 cm³/mol. The van der Waals surface area contributed by atoms with Gasteiger partial charge in [0.15, 0.2) is 17.3 Å². The highest BCUT2D eigenvalue weighted by molar-refractivity contribution is 5.94. The molecule has 0 bridgehead atoms. The third-order valence-electron chi connectivity index (χ3n) is 4.84. The average Bonchev–Trinajstić information content (AvgIpc) is 3.41. The Hall–Kier alpha value is -3.93. The topological polar surface area (TPSA) is 77.1 Å². The van der Waals surface area contributed by atoms with Crippen molar-refractivity contribution in [1.29, 1.82) is 0 Å². The maximum Gasteiger partial charge on any atom is 0.231 e. The summed E-state index contributed by atoms with van der Waals surface area (Å²) in [5.41, 5.74) is 4.83. The second kappa shape index (κ2) is 6.91. The van der Waals surface area contributed by atoms with Crippen molar-refractivity contribution in [3.63, 3.8) is 0 Å². The van der Waals surface area contributed by atoms with E-state index < -0.39 is 0 Å². The smallest absolute Gasteiger partial charge is 0.231 e. The average molecular weight is 383 g/mol. The zero-order valence-electron chi connectivity index (χ0n) is 15.7. The Kier molecular flexibility index (Phi) is 4.09. The highest BCUT2D eigenvalue weighted by Gasteiger charge is 2.20. The molecular weight excluding hydrogens is 366 g/mol. The Morgan fingerprint density at radius 2 is 1.76 bits per heavy atom. The van der Waals surface area contributed by atoms with Crippen molar-refractivity contribution in [2.45, 2.75) is 6.92 Å². The van der Waals surface area contributed by atoms with Crippen LogP contribution in [0.5, 0.6) is 11.5 Å². The minimum atomic E-state index is 0.0335. The number of fused-ring (bicyclic) bond motifs is 1. The number of imidazole rings is 1. The molecule has 5 rings (SSSR count). The molecule has 1 aliphatic heterocycles. The van der Waals surface area contributed by atoms with E-state index in [0.717, 1.165) is 34.0 Å². The maximum atomic E-state index is 11.6. The van der Waals surface area contributed by atoms with Gasteiger partial charge in [-0.3, -0.25) is 9.78 Å². The Balaban J connectivity index is 1.64. The van der Waals surface area contributed by atoms with E-state index in [9.17, 15) is 4.79 Å². The van der Waals surface area contributed by atoms with Crippen molar-refractivity contribution in [2.24, 2.45) is 0 Å². The van der Waals surface area contributed by atoms with Crippen LogP contribution in [-0.2, 0) is 0 Å². The van der Waals surface area contributed by atoms with Crippen molar-refractivity contribution in [3.05, 3.63) is 72.4 Å². The number of ether oxygens (including phenoxy) is 2. The standard InChI is InChI=1S/C23H17N3O3/c1-14(27)15-5-7-16(8-6-15)23-25-21(22(26-23)18-4-2-3-11-24-18)17-9-10-19-20(12-17)29-13-28-19/h2-12H,13H2,1H3,(H,25,26). The van der Waals surface area contributed by atoms with Gasteiger partial charge in [0.2, 0.25) is 6.79 Å². The van der Waals surface area contributed by atoms with Gasteiger partial charge < -0.3 is 14.5 Å². The van der Waals surface area contributed by atoms with E-state index in [1.165, 1.54) is 0 Å². The summed E-state index contributed by atoms with van der Waals surface area (Å²) in [6.07, 6.45) is 1.75. The summed E-state index contributed by atoms with van der Waals surface area (Å²) in [5, 5.41) is 0. The van der Waals surface area contributed by atoms with Gasteiger partial charge >= 0.3 is 0 Å². The molecule has 29 heavy (non-hydrogen) atoms. The second-order valence-corrected chi connectivity index (χ2v) is 6.73. The lowest BCUT2D eigenvalue weighted by molar-refractivity contribution is 0.101. The zero-order valence-corrected chi connectivity index (χ0v) is 15.7. The molecule has 0 amide bonds. The number of hydrogen-bond acceptors (Lipinski definition) is 5. The summed E-state index contributed by atoms with van der Waals surface area (Å²) >= 11 is 0. The Bertz CT molecular complexity index is 1200. The van der Waals surface area contributed by atoms with Crippen LogP contribution < -0.4 is 9.47 Å². The van der Waals surface area contributed by atoms with Crippen molar-refractivity contribution in [3.8, 4) is 45.5 Å². The molecule has 6 heteroatoms. The van der Waals surface area contributed by atoms with Crippen molar-refractivity contribution < 1.29 is 14.3 Å². The summed E-state index contributed by atoms with van der Waals surface area (Å²) in [6.45, 7) is 1.78. The van der Waals surface area contributed by atoms with E-state index in [2.05, 4.69) is 9.97 Å². The van der Waals surface area contributed by atoms with Crippen LogP contribution in [0.2, 0.25) is 0 Å². The number of nitrogens with zero attached hydrogens (tertiary/aromatic N) is 2. The first-order chi connectivity index (χ1) is 14.2. The van der Waals surface area contributed by atoms with Gasteiger partial charge in [-0.1, -0.05) is 30.3 Å². The molecule has 2 aromatic heterocycles. The highest BCUT2D eigenvalue weighted by atomic mass is 16.7. The minimum Gasteiger partial charge on any atom is -0.454 e. The summed E-state index contributed by atoms with van der Waals surface area (Å²) in [7, 11) is 0. The van der Waals surface area contributed by atoms with Gasteiger partial charge in [0.1, 0.15) is 5.82 Å². The van der Waals surface area contributed by atoms with Gasteiger partial charge in [-0.05, 0) is 37.3 Å². The number of nitrogens with one attached hydrogen (secondary N) is 1. The number of rotatable bonds is 4. The number of hydrogen-bond donors (Lipinski definition) is 1. The lowest BCUT2D eigenvalue weighted by Crippen LogP contribution is -1.92. The van der Waals surface area contributed by atoms with Crippen molar-refractivity contribution in [2.75, 3.05) is 6.79 Å². The van der Waals surface area contributed by atoms with Crippen LogP contribution in [0.25, 0.3) is 34.0 Å². The Morgan fingerprint density at radius 3 is 2.52 bits per heavy atom. The molecule has 0 saturated carbocycles. The van der Waals surface area contributed by atoms with E-state index in [-0.39, 0.29) is 12.6 Å². The zero-order chi connectivity index (χ0) is 19.8. The highest BCUT2D eigenvalue weighted by Crippen LogP contribution is 2.38. The molecule has 0 spiro atoms. The molecule has 142 valence electrons. The monoisotopic (exact) mass is 383 g/mol. The molecule has 0 saturated heterocycles. The fraction of sp³-hybridized carbons (Fsp3) is 0.0870. The first kappa shape index (κ1) is 17.2. The predicted octanol–water partition coefficient (Wildman–Crippen LogP) is 4.74. The van der Waals surface area contributed by atoms with Gasteiger partial charge in [0.05, 0.1) is 17.1 Å². The molecule has 1 N–H and O–H groups in total. The number of carbonyl (C=O) groups is 1. The molecule has 2 aromatic carbocycles. The Morgan fingerprint density at radius 1 is 0.966 bits per heavy atom. The quantitative estimate of drug-likeness (QED) is 0.515. The lowest BCUT2D eigenvalue weighted by atomic mass is 10.1. The maximum absolute atomic E-state index is 11.6. The normalized spacial score (nSPS) is 12.2. The van der Waals surface area contributed by atoms with E-state index >= 15 is 0 Å². The SMILES string of the molecule is CC(=O)c1ccc(-c2nc(-c3ccc4c(c3)OCO4)c(-c3ccccn3)[nH]2)cc1. The van der Waals surface area contributed by atoms with E-state index in [4.69, 9.17) is 14.5 Å². The van der Waals surface area contributed by atoms with E-state index in [1.54, 1.807) is 25.3 Å². The minimum absolute atomic E-state index is 0.0335. The van der Waals surface area contributed by atoms with Gasteiger partial charge in [0, 0.05) is 22.9 Å². The molecule has 1 aliphatic rings. The molecule has 0 aliphatic carbocycles. The fourth-order valence-electron chi connectivity index (χ4n) is 3.32. The van der Waals surface area contributed by atoms with Gasteiger partial charge in [-0.25, -0.2) is 4.98 Å². The largest absolute Gasteiger partial charge is 0.454 e. The first-order valence-corrected chi connectivity index (χ1v) is 9.22. The molecular formula is C23H17N3O3. The number of pyridine rings is 1. The summed E-state index contributed by atoms with van der Waals surface area (Å²) in [5.74, 6) is 2.16. The Labute approximate surface area is 167 Å². The molecule has 6 nitrogen and oxygen atoms in total. The summed E-state index contributed by atoms with van der Waals surface area (Å²) in [6, 6.07) is 18.9. The van der Waals surface area contributed by atoms with Crippen molar-refractivity contribution in [1.82, 2.24) is 15.0 Å². The fourth-order valence-corrected chi connectivity index (χ4v) is 3.32. The molecule has 0 radical (unpaired) electrons. The first-order valence-electron chi connectivity index (χ1n) is 9.22. The van der Waals surface area contributed by atoms with Gasteiger partial charge in [-0.15, -0.1) is 0 Å². The van der Waals surface area contributed by atoms with Crippen LogP contribution in [0.3, 0.4) is 0 Å². The third-order valence-corrected chi connectivity index (χ3v) is 4.84. The summed E-state index contributed by atoms with van der Waals surface area (Å²) < 4.78 is 10.9. The molecule has 0 fully saturated rings. The van der Waals surface area contributed by atoms with Crippen LogP contribution in [-0.4, -0.2) is 27.5 Å². The molecule has 0 unspecified atom stereocenters. The summed E-state index contributed by atoms with van der Waals surface area (Å²) in [4.78, 5) is 24.3. The molecule has 0 atom stereocenters. The van der Waals surface area contributed by atoms with E-state index in [0.29, 0.717) is 17.1 Å². The number of carbonyl (C=O) groups excluding carboxylic acids is 1.